The van der Waals surface area contributed by atoms with Crippen LogP contribution in [0.4, 0.5) is 0 Å². The highest BCUT2D eigenvalue weighted by atomic mass is 16.2. The van der Waals surface area contributed by atoms with Gasteiger partial charge >= 0.3 is 0 Å². The Morgan fingerprint density at radius 3 is 2.20 bits per heavy atom. The van der Waals surface area contributed by atoms with Gasteiger partial charge in [0.05, 0.1) is 0 Å². The molecule has 0 aromatic heterocycles. The zero-order valence-corrected chi connectivity index (χ0v) is 8.77. The molecule has 1 aromatic rings. The summed E-state index contributed by atoms with van der Waals surface area (Å²) in [6.07, 6.45) is 0. The summed E-state index contributed by atoms with van der Waals surface area (Å²) in [7, 11) is 3.31. The van der Waals surface area contributed by atoms with Crippen LogP contribution in [0, 0.1) is 5.41 Å². The summed E-state index contributed by atoms with van der Waals surface area (Å²) < 4.78 is 0. The van der Waals surface area contributed by atoms with E-state index in [0.29, 0.717) is 5.56 Å². The van der Waals surface area contributed by atoms with Gasteiger partial charge in [-0.1, -0.05) is 18.2 Å². The normalized spacial score (nSPS) is 10.1. The lowest BCUT2D eigenvalue weighted by molar-refractivity contribution is 0.0524. The molecule has 1 aromatic carbocycles. The number of carbonyl (C=O) groups is 1. The number of hydrogen-bond acceptors (Lipinski definition) is 3. The number of rotatable bonds is 2. The van der Waals surface area contributed by atoms with Crippen LogP contribution in [-0.2, 0) is 0 Å². The molecule has 0 atom stereocenters. The monoisotopic (exact) mass is 206 g/mol. The molecular formula is C10H14N4O. The van der Waals surface area contributed by atoms with E-state index in [0.717, 1.165) is 5.01 Å². The second kappa shape index (κ2) is 4.56. The molecule has 0 aliphatic carbocycles. The van der Waals surface area contributed by atoms with Crippen molar-refractivity contribution < 1.29 is 4.79 Å². The number of carbonyl (C=O) groups excluding carboxylic acids is 1. The fourth-order valence-corrected chi connectivity index (χ4v) is 1.21. The van der Waals surface area contributed by atoms with Crippen molar-refractivity contribution in [3.63, 3.8) is 0 Å². The lowest BCUT2D eigenvalue weighted by Crippen LogP contribution is -2.49. The van der Waals surface area contributed by atoms with Gasteiger partial charge in [0.15, 0.2) is 0 Å². The third kappa shape index (κ3) is 2.54. The van der Waals surface area contributed by atoms with Crippen LogP contribution in [0.2, 0.25) is 0 Å². The summed E-state index contributed by atoms with van der Waals surface area (Å²) in [4.78, 5) is 11.9. The van der Waals surface area contributed by atoms with Gasteiger partial charge in [-0.3, -0.25) is 10.2 Å². The zero-order valence-electron chi connectivity index (χ0n) is 8.77. The third-order valence-corrected chi connectivity index (χ3v) is 1.84. The van der Waals surface area contributed by atoms with Gasteiger partial charge in [-0.2, -0.15) is 0 Å². The molecule has 5 nitrogen and oxygen atoms in total. The summed E-state index contributed by atoms with van der Waals surface area (Å²) in [6, 6.07) is 8.72. The van der Waals surface area contributed by atoms with Gasteiger partial charge in [-0.25, -0.2) is 10.0 Å². The van der Waals surface area contributed by atoms with Crippen LogP contribution in [-0.4, -0.2) is 36.0 Å². The van der Waals surface area contributed by atoms with Gasteiger partial charge in [0.2, 0.25) is 5.96 Å². The first-order valence-corrected chi connectivity index (χ1v) is 4.45. The SMILES string of the molecule is CN(C)N(C(=N)N)C(=O)c1ccccc1. The van der Waals surface area contributed by atoms with Crippen molar-refractivity contribution >= 4 is 11.9 Å². The summed E-state index contributed by atoms with van der Waals surface area (Å²) in [5.41, 5.74) is 5.82. The Bertz CT molecular complexity index is 361. The van der Waals surface area contributed by atoms with Crippen molar-refractivity contribution in [3.8, 4) is 0 Å². The highest BCUT2D eigenvalue weighted by Gasteiger charge is 2.19. The molecule has 0 radical (unpaired) electrons. The molecule has 1 rings (SSSR count). The van der Waals surface area contributed by atoms with Crippen molar-refractivity contribution in [3.05, 3.63) is 35.9 Å². The van der Waals surface area contributed by atoms with Crippen LogP contribution >= 0.6 is 0 Å². The Labute approximate surface area is 88.6 Å². The maximum absolute atomic E-state index is 11.9. The highest BCUT2D eigenvalue weighted by Crippen LogP contribution is 2.04. The van der Waals surface area contributed by atoms with Crippen molar-refractivity contribution in [2.24, 2.45) is 5.73 Å². The summed E-state index contributed by atoms with van der Waals surface area (Å²) in [5.74, 6) is -0.609. The van der Waals surface area contributed by atoms with Crippen LogP contribution in [0.3, 0.4) is 0 Å². The average Bonchev–Trinajstić information content (AvgIpc) is 2.18. The maximum Gasteiger partial charge on any atom is 0.275 e. The third-order valence-electron chi connectivity index (χ3n) is 1.84. The Hall–Kier alpha value is -1.88. The lowest BCUT2D eigenvalue weighted by Gasteiger charge is -2.26. The molecule has 0 bridgehead atoms. The molecule has 0 spiro atoms. The van der Waals surface area contributed by atoms with Crippen LogP contribution in [0.5, 0.6) is 0 Å². The topological polar surface area (TPSA) is 73.4 Å². The van der Waals surface area contributed by atoms with Gasteiger partial charge in [0, 0.05) is 19.7 Å². The average molecular weight is 206 g/mol. The van der Waals surface area contributed by atoms with E-state index in [1.54, 1.807) is 38.4 Å². The number of benzene rings is 1. The zero-order chi connectivity index (χ0) is 11.4. The van der Waals surface area contributed by atoms with Gasteiger partial charge in [0.1, 0.15) is 0 Å². The molecule has 1 amide bonds. The molecule has 0 aliphatic heterocycles. The summed E-state index contributed by atoms with van der Waals surface area (Å²) >= 11 is 0. The Kier molecular flexibility index (Phi) is 3.41. The minimum Gasteiger partial charge on any atom is -0.369 e. The fourth-order valence-electron chi connectivity index (χ4n) is 1.21. The predicted molar refractivity (Wildman–Crippen MR) is 58.2 cm³/mol. The van der Waals surface area contributed by atoms with Crippen LogP contribution in [0.25, 0.3) is 0 Å². The second-order valence-corrected chi connectivity index (χ2v) is 3.22. The van der Waals surface area contributed by atoms with E-state index in [2.05, 4.69) is 0 Å². The molecule has 80 valence electrons. The molecule has 0 unspecified atom stereocenters. The van der Waals surface area contributed by atoms with Gasteiger partial charge in [-0.15, -0.1) is 0 Å². The molecule has 0 aliphatic rings. The number of nitrogens with zero attached hydrogens (tertiary/aromatic N) is 2. The van der Waals surface area contributed by atoms with Crippen molar-refractivity contribution in [2.45, 2.75) is 0 Å². The molecule has 5 heteroatoms. The molecule has 15 heavy (non-hydrogen) atoms. The molecule has 0 heterocycles. The van der Waals surface area contributed by atoms with Crippen molar-refractivity contribution in [1.29, 1.82) is 5.41 Å². The van der Waals surface area contributed by atoms with E-state index < -0.39 is 0 Å². The number of nitrogens with two attached hydrogens (primary N) is 1. The molecule has 0 saturated carbocycles. The van der Waals surface area contributed by atoms with E-state index in [-0.39, 0.29) is 11.9 Å². The standard InChI is InChI=1S/C10H14N4O/c1-13(2)14(10(11)12)9(15)8-6-4-3-5-7-8/h3-7H,1-2H3,(H3,11,12). The summed E-state index contributed by atoms with van der Waals surface area (Å²) in [6.45, 7) is 0. The van der Waals surface area contributed by atoms with Crippen molar-refractivity contribution in [2.75, 3.05) is 14.1 Å². The van der Waals surface area contributed by atoms with Gasteiger partial charge in [-0.05, 0) is 12.1 Å². The second-order valence-electron chi connectivity index (χ2n) is 3.22. The van der Waals surface area contributed by atoms with E-state index >= 15 is 0 Å². The number of guanidine groups is 1. The quantitative estimate of drug-likeness (QED) is 0.420. The number of nitrogens with one attached hydrogen (secondary N) is 1. The number of amides is 1. The van der Waals surface area contributed by atoms with E-state index in [1.807, 2.05) is 6.07 Å². The molecular weight excluding hydrogens is 192 g/mol. The largest absolute Gasteiger partial charge is 0.369 e. The first-order valence-electron chi connectivity index (χ1n) is 4.45. The van der Waals surface area contributed by atoms with Crippen molar-refractivity contribution in [1.82, 2.24) is 10.0 Å². The lowest BCUT2D eigenvalue weighted by atomic mass is 10.2. The number of hydrazine groups is 1. The molecule has 3 N–H and O–H groups in total. The molecule has 0 saturated heterocycles. The summed E-state index contributed by atoms with van der Waals surface area (Å²) in [5, 5.41) is 9.87. The number of hydrogen-bond donors (Lipinski definition) is 2. The first-order chi connectivity index (χ1) is 7.04. The Morgan fingerprint density at radius 1 is 1.27 bits per heavy atom. The minimum atomic E-state index is -0.312. The minimum absolute atomic E-state index is 0.297. The Balaban J connectivity index is 2.97. The van der Waals surface area contributed by atoms with E-state index in [9.17, 15) is 4.79 Å². The first kappa shape index (κ1) is 11.2. The maximum atomic E-state index is 11.9. The van der Waals surface area contributed by atoms with Gasteiger partial charge < -0.3 is 5.73 Å². The molecule has 0 fully saturated rings. The van der Waals surface area contributed by atoms with Gasteiger partial charge in [0.25, 0.3) is 5.91 Å². The Morgan fingerprint density at radius 2 is 1.80 bits per heavy atom. The highest BCUT2D eigenvalue weighted by molar-refractivity contribution is 6.03. The fraction of sp³-hybridized carbons (Fsp3) is 0.200. The smallest absolute Gasteiger partial charge is 0.275 e. The van der Waals surface area contributed by atoms with Crippen LogP contribution in [0.15, 0.2) is 30.3 Å². The van der Waals surface area contributed by atoms with E-state index in [4.69, 9.17) is 11.1 Å². The van der Waals surface area contributed by atoms with Crippen LogP contribution < -0.4 is 5.73 Å². The van der Waals surface area contributed by atoms with E-state index in [1.165, 1.54) is 5.01 Å². The van der Waals surface area contributed by atoms with Crippen LogP contribution in [0.1, 0.15) is 10.4 Å². The predicted octanol–water partition coefficient (Wildman–Crippen LogP) is 0.499.